The Labute approximate surface area is 131 Å². The van der Waals surface area contributed by atoms with Gasteiger partial charge in [0, 0.05) is 6.04 Å². The fourth-order valence-corrected chi connectivity index (χ4v) is 3.68. The molecular formula is C16H21N3OS. The Morgan fingerprint density at radius 3 is 2.71 bits per heavy atom. The number of nitrogens with one attached hydrogen (secondary N) is 2. The average molecular weight is 303 g/mol. The minimum atomic E-state index is 0.542. The van der Waals surface area contributed by atoms with Gasteiger partial charge < -0.3 is 10.1 Å². The highest BCUT2D eigenvalue weighted by molar-refractivity contribution is 7.80. The van der Waals surface area contributed by atoms with Gasteiger partial charge in [-0.05, 0) is 73.1 Å². The highest BCUT2D eigenvalue weighted by Gasteiger charge is 2.39. The molecule has 2 aliphatic rings. The lowest BCUT2D eigenvalue weighted by Crippen LogP contribution is -2.42. The van der Waals surface area contributed by atoms with Crippen molar-refractivity contribution in [1.29, 1.82) is 0 Å². The maximum Gasteiger partial charge on any atom is 0.187 e. The first-order valence-corrected chi connectivity index (χ1v) is 7.89. The molecule has 3 atom stereocenters. The Morgan fingerprint density at radius 1 is 1.29 bits per heavy atom. The largest absolute Gasteiger partial charge is 0.497 e. The predicted molar refractivity (Wildman–Crippen MR) is 88.7 cm³/mol. The molecule has 4 nitrogen and oxygen atoms in total. The molecule has 0 saturated heterocycles. The Bertz CT molecular complexity index is 529. The standard InChI is InChI=1S/C16H21N3OS/c1-20-14-6-3-11(4-7-14)10-17-19-16(21)18-15-9-12-2-5-13(15)8-12/h3-4,6-7,10,12-13,15H,2,5,8-9H2,1H3,(H2,18,19,21)/b17-10-/t12-,13+,15+/m1/s1. The molecule has 5 heteroatoms. The third kappa shape index (κ3) is 3.53. The van der Waals surface area contributed by atoms with Crippen molar-refractivity contribution >= 4 is 23.5 Å². The lowest BCUT2D eigenvalue weighted by molar-refractivity contribution is 0.389. The van der Waals surface area contributed by atoms with E-state index in [2.05, 4.69) is 15.8 Å². The molecule has 0 amide bonds. The number of hydrogen-bond donors (Lipinski definition) is 2. The Hall–Kier alpha value is -1.62. The van der Waals surface area contributed by atoms with E-state index < -0.39 is 0 Å². The van der Waals surface area contributed by atoms with Crippen molar-refractivity contribution in [1.82, 2.24) is 10.7 Å². The smallest absolute Gasteiger partial charge is 0.187 e. The third-order valence-corrected chi connectivity index (χ3v) is 4.76. The van der Waals surface area contributed by atoms with Crippen LogP contribution in [0.4, 0.5) is 0 Å². The van der Waals surface area contributed by atoms with Gasteiger partial charge in [-0.1, -0.05) is 6.42 Å². The topological polar surface area (TPSA) is 45.6 Å². The molecule has 0 radical (unpaired) electrons. The minimum Gasteiger partial charge on any atom is -0.497 e. The van der Waals surface area contributed by atoms with Gasteiger partial charge in [0.2, 0.25) is 0 Å². The Balaban J connectivity index is 1.45. The molecule has 2 aliphatic carbocycles. The molecular weight excluding hydrogens is 282 g/mol. The van der Waals surface area contributed by atoms with Gasteiger partial charge in [-0.3, -0.25) is 5.43 Å². The van der Waals surface area contributed by atoms with Gasteiger partial charge in [0.1, 0.15) is 5.75 Å². The molecule has 21 heavy (non-hydrogen) atoms. The summed E-state index contributed by atoms with van der Waals surface area (Å²) in [6.07, 6.45) is 7.14. The Morgan fingerprint density at radius 2 is 2.10 bits per heavy atom. The van der Waals surface area contributed by atoms with E-state index in [-0.39, 0.29) is 0 Å². The number of hydrazone groups is 1. The fourth-order valence-electron chi connectivity index (χ4n) is 3.48. The van der Waals surface area contributed by atoms with Gasteiger partial charge in [0.05, 0.1) is 13.3 Å². The average Bonchev–Trinajstić information content (AvgIpc) is 3.10. The summed E-state index contributed by atoms with van der Waals surface area (Å²) in [4.78, 5) is 0. The first-order valence-electron chi connectivity index (χ1n) is 7.48. The van der Waals surface area contributed by atoms with Crippen molar-refractivity contribution in [2.45, 2.75) is 31.7 Å². The van der Waals surface area contributed by atoms with Crippen molar-refractivity contribution in [2.75, 3.05) is 7.11 Å². The molecule has 1 aromatic rings. The van der Waals surface area contributed by atoms with E-state index in [4.69, 9.17) is 17.0 Å². The molecule has 0 unspecified atom stereocenters. The summed E-state index contributed by atoms with van der Waals surface area (Å²) in [5.74, 6) is 2.56. The van der Waals surface area contributed by atoms with Crippen LogP contribution in [0.1, 0.15) is 31.2 Å². The maximum atomic E-state index is 5.31. The summed E-state index contributed by atoms with van der Waals surface area (Å²) in [6, 6.07) is 8.27. The van der Waals surface area contributed by atoms with E-state index in [0.717, 1.165) is 23.1 Å². The van der Waals surface area contributed by atoms with Gasteiger partial charge in [-0.15, -0.1) is 0 Å². The van der Waals surface area contributed by atoms with Crippen LogP contribution < -0.4 is 15.5 Å². The van der Waals surface area contributed by atoms with E-state index in [0.29, 0.717) is 11.2 Å². The van der Waals surface area contributed by atoms with Gasteiger partial charge in [0.25, 0.3) is 0 Å². The molecule has 2 bridgehead atoms. The zero-order valence-electron chi connectivity index (χ0n) is 12.2. The van der Waals surface area contributed by atoms with Crippen LogP contribution >= 0.6 is 12.2 Å². The van der Waals surface area contributed by atoms with E-state index >= 15 is 0 Å². The number of methoxy groups -OCH3 is 1. The summed E-state index contributed by atoms with van der Waals surface area (Å²) in [5.41, 5.74) is 3.91. The zero-order valence-corrected chi connectivity index (χ0v) is 13.0. The first kappa shape index (κ1) is 14.3. The van der Waals surface area contributed by atoms with Crippen molar-refractivity contribution in [2.24, 2.45) is 16.9 Å². The predicted octanol–water partition coefficient (Wildman–Crippen LogP) is 2.68. The minimum absolute atomic E-state index is 0.542. The molecule has 112 valence electrons. The molecule has 0 heterocycles. The Kier molecular flexibility index (Phi) is 4.39. The van der Waals surface area contributed by atoms with Gasteiger partial charge in [-0.2, -0.15) is 5.10 Å². The third-order valence-electron chi connectivity index (χ3n) is 4.55. The highest BCUT2D eigenvalue weighted by atomic mass is 32.1. The number of benzene rings is 1. The van der Waals surface area contributed by atoms with Gasteiger partial charge in [-0.25, -0.2) is 0 Å². The van der Waals surface area contributed by atoms with Gasteiger partial charge >= 0.3 is 0 Å². The van der Waals surface area contributed by atoms with Crippen molar-refractivity contribution in [3.05, 3.63) is 29.8 Å². The van der Waals surface area contributed by atoms with E-state index in [1.807, 2.05) is 24.3 Å². The van der Waals surface area contributed by atoms with Crippen LogP contribution in [-0.2, 0) is 0 Å². The summed E-state index contributed by atoms with van der Waals surface area (Å²) in [5, 5.41) is 8.21. The van der Waals surface area contributed by atoms with Crippen LogP contribution in [-0.4, -0.2) is 24.5 Å². The van der Waals surface area contributed by atoms with Crippen LogP contribution in [0.2, 0.25) is 0 Å². The number of thiocarbonyl (C=S) groups is 1. The monoisotopic (exact) mass is 303 g/mol. The van der Waals surface area contributed by atoms with Crippen LogP contribution in [0.5, 0.6) is 5.75 Å². The number of ether oxygens (including phenoxy) is 1. The number of nitrogens with zero attached hydrogens (tertiary/aromatic N) is 1. The number of hydrogen-bond acceptors (Lipinski definition) is 3. The molecule has 3 rings (SSSR count). The number of rotatable bonds is 4. The molecule has 2 fully saturated rings. The van der Waals surface area contributed by atoms with E-state index in [9.17, 15) is 0 Å². The molecule has 0 spiro atoms. The number of fused-ring (bicyclic) bond motifs is 2. The van der Waals surface area contributed by atoms with Crippen molar-refractivity contribution in [3.63, 3.8) is 0 Å². The molecule has 1 aromatic carbocycles. The summed E-state index contributed by atoms with van der Waals surface area (Å²) < 4.78 is 5.12. The second-order valence-corrected chi connectivity index (χ2v) is 6.31. The highest BCUT2D eigenvalue weighted by Crippen LogP contribution is 2.44. The quantitative estimate of drug-likeness (QED) is 0.510. The summed E-state index contributed by atoms with van der Waals surface area (Å²) >= 11 is 5.31. The van der Waals surface area contributed by atoms with Crippen LogP contribution in [0.15, 0.2) is 29.4 Å². The molecule has 2 N–H and O–H groups in total. The second-order valence-electron chi connectivity index (χ2n) is 5.90. The van der Waals surface area contributed by atoms with E-state index in [1.54, 1.807) is 13.3 Å². The van der Waals surface area contributed by atoms with E-state index in [1.165, 1.54) is 25.7 Å². The SMILES string of the molecule is COc1ccc(/C=N\NC(=S)N[C@H]2C[C@@H]3CC[C@H]2C3)cc1. The first-order chi connectivity index (χ1) is 10.2. The van der Waals surface area contributed by atoms with Crippen LogP contribution in [0, 0.1) is 11.8 Å². The molecule has 0 aliphatic heterocycles. The zero-order chi connectivity index (χ0) is 14.7. The normalized spacial score (nSPS) is 27.0. The summed E-state index contributed by atoms with van der Waals surface area (Å²) in [7, 11) is 1.66. The summed E-state index contributed by atoms with van der Waals surface area (Å²) in [6.45, 7) is 0. The second kappa shape index (κ2) is 6.43. The van der Waals surface area contributed by atoms with Crippen molar-refractivity contribution < 1.29 is 4.74 Å². The molecule has 0 aromatic heterocycles. The van der Waals surface area contributed by atoms with Gasteiger partial charge in [0.15, 0.2) is 5.11 Å². The molecule has 2 saturated carbocycles. The van der Waals surface area contributed by atoms with Crippen LogP contribution in [0.3, 0.4) is 0 Å². The fraction of sp³-hybridized carbons (Fsp3) is 0.500. The lowest BCUT2D eigenvalue weighted by atomic mass is 9.96. The van der Waals surface area contributed by atoms with Crippen molar-refractivity contribution in [3.8, 4) is 5.75 Å². The maximum absolute atomic E-state index is 5.31. The lowest BCUT2D eigenvalue weighted by Gasteiger charge is -2.23. The van der Waals surface area contributed by atoms with Crippen LogP contribution in [0.25, 0.3) is 0 Å².